The summed E-state index contributed by atoms with van der Waals surface area (Å²) in [6, 6.07) is 0. The van der Waals surface area contributed by atoms with Gasteiger partial charge in [0.1, 0.15) is 13.2 Å². The van der Waals surface area contributed by atoms with Gasteiger partial charge in [0.15, 0.2) is 6.10 Å². The van der Waals surface area contributed by atoms with Crippen molar-refractivity contribution in [2.45, 2.75) is 226 Å². The topological polar surface area (TPSA) is 78.9 Å². The normalized spacial score (nSPS) is 13.2. The van der Waals surface area contributed by atoms with Gasteiger partial charge in [-0.2, -0.15) is 0 Å². The van der Waals surface area contributed by atoms with E-state index in [2.05, 4.69) is 142 Å². The summed E-state index contributed by atoms with van der Waals surface area (Å²) in [7, 11) is 0. The van der Waals surface area contributed by atoms with Crippen LogP contribution in [0.3, 0.4) is 0 Å². The van der Waals surface area contributed by atoms with Crippen LogP contribution in [0.2, 0.25) is 0 Å². The Hall–Kier alpha value is -4.45. The van der Waals surface area contributed by atoms with Crippen LogP contribution in [0, 0.1) is 0 Å². The number of esters is 3. The lowest BCUT2D eigenvalue weighted by molar-refractivity contribution is -0.166. The van der Waals surface area contributed by atoms with Crippen LogP contribution in [-0.2, 0) is 28.6 Å². The highest BCUT2D eigenvalue weighted by atomic mass is 16.6. The minimum Gasteiger partial charge on any atom is -0.462 e. The Kier molecular flexibility index (Phi) is 51.5. The Morgan fingerprint density at radius 1 is 0.309 bits per heavy atom. The molecule has 1 atom stereocenters. The molecule has 0 fully saturated rings. The van der Waals surface area contributed by atoms with Gasteiger partial charge in [0.25, 0.3) is 0 Å². The zero-order valence-corrected chi connectivity index (χ0v) is 43.6. The number of ether oxygens (including phenoxy) is 3. The Morgan fingerprint density at radius 3 is 1.04 bits per heavy atom. The van der Waals surface area contributed by atoms with Crippen LogP contribution in [-0.4, -0.2) is 37.2 Å². The Morgan fingerprint density at radius 2 is 0.618 bits per heavy atom. The highest BCUT2D eigenvalue weighted by molar-refractivity contribution is 5.71. The summed E-state index contributed by atoms with van der Waals surface area (Å²) in [4.78, 5) is 38.0. The van der Waals surface area contributed by atoms with Gasteiger partial charge >= 0.3 is 17.9 Å². The fourth-order valence-electron chi connectivity index (χ4n) is 6.87. The van der Waals surface area contributed by atoms with Crippen molar-refractivity contribution in [1.29, 1.82) is 0 Å². The zero-order chi connectivity index (χ0) is 49.3. The number of hydrogen-bond acceptors (Lipinski definition) is 6. The fraction of sp³-hybridized carbons (Fsp3) is 0.597. The minimum atomic E-state index is -0.838. The predicted octanol–water partition coefficient (Wildman–Crippen LogP) is 18.3. The summed E-state index contributed by atoms with van der Waals surface area (Å²) in [5.74, 6) is -1.08. The van der Waals surface area contributed by atoms with E-state index in [0.29, 0.717) is 19.3 Å². The van der Waals surface area contributed by atoms with Crippen molar-refractivity contribution in [2.24, 2.45) is 0 Å². The summed E-state index contributed by atoms with van der Waals surface area (Å²) in [5.41, 5.74) is 0. The van der Waals surface area contributed by atoms with Crippen LogP contribution in [0.5, 0.6) is 0 Å². The Labute approximate surface area is 417 Å². The highest BCUT2D eigenvalue weighted by Gasteiger charge is 2.19. The van der Waals surface area contributed by atoms with Gasteiger partial charge < -0.3 is 14.2 Å². The van der Waals surface area contributed by atoms with E-state index in [4.69, 9.17) is 14.2 Å². The molecule has 0 saturated carbocycles. The number of unbranched alkanes of at least 4 members (excludes halogenated alkanes) is 14. The second-order valence-electron chi connectivity index (χ2n) is 17.4. The number of rotatable bonds is 47. The molecular weight excluding hydrogens is 841 g/mol. The summed E-state index contributed by atoms with van der Waals surface area (Å²) in [6.07, 6.45) is 77.4. The molecule has 0 rings (SSSR count). The average Bonchev–Trinajstić information content (AvgIpc) is 3.34. The first-order valence-electron chi connectivity index (χ1n) is 27.2. The monoisotopic (exact) mass is 939 g/mol. The van der Waals surface area contributed by atoms with Gasteiger partial charge in [0.05, 0.1) is 0 Å². The van der Waals surface area contributed by atoms with Gasteiger partial charge in [-0.3, -0.25) is 14.4 Å². The molecule has 0 N–H and O–H groups in total. The second-order valence-corrected chi connectivity index (χ2v) is 17.4. The van der Waals surface area contributed by atoms with Gasteiger partial charge in [-0.25, -0.2) is 0 Å². The maximum Gasteiger partial charge on any atom is 0.306 e. The minimum absolute atomic E-state index is 0.136. The molecule has 0 aromatic rings. The smallest absolute Gasteiger partial charge is 0.306 e. The summed E-state index contributed by atoms with van der Waals surface area (Å²) < 4.78 is 16.7. The first kappa shape index (κ1) is 63.6. The van der Waals surface area contributed by atoms with Crippen molar-refractivity contribution in [3.63, 3.8) is 0 Å². The van der Waals surface area contributed by atoms with Gasteiger partial charge in [-0.1, -0.05) is 219 Å². The predicted molar refractivity (Wildman–Crippen MR) is 292 cm³/mol. The molecule has 0 spiro atoms. The van der Waals surface area contributed by atoms with E-state index in [1.54, 1.807) is 0 Å². The maximum absolute atomic E-state index is 12.8. The molecule has 68 heavy (non-hydrogen) atoms. The van der Waals surface area contributed by atoms with E-state index in [-0.39, 0.29) is 44.0 Å². The molecule has 0 aliphatic heterocycles. The number of allylic oxidation sites excluding steroid dienone is 22. The van der Waals surface area contributed by atoms with E-state index < -0.39 is 6.10 Å². The van der Waals surface area contributed by atoms with E-state index in [0.717, 1.165) is 89.9 Å². The summed E-state index contributed by atoms with van der Waals surface area (Å²) >= 11 is 0. The molecule has 6 heteroatoms. The molecule has 6 nitrogen and oxygen atoms in total. The number of carbonyl (C=O) groups is 3. The molecule has 0 heterocycles. The van der Waals surface area contributed by atoms with Gasteiger partial charge in [0, 0.05) is 19.3 Å². The fourth-order valence-corrected chi connectivity index (χ4v) is 6.87. The first-order valence-corrected chi connectivity index (χ1v) is 27.2. The van der Waals surface area contributed by atoms with E-state index in [9.17, 15) is 14.4 Å². The van der Waals surface area contributed by atoms with E-state index in [1.807, 2.05) is 12.2 Å². The van der Waals surface area contributed by atoms with Gasteiger partial charge in [-0.15, -0.1) is 0 Å². The lowest BCUT2D eigenvalue weighted by atomic mass is 10.1. The Bertz CT molecular complexity index is 1500. The van der Waals surface area contributed by atoms with Crippen molar-refractivity contribution >= 4 is 17.9 Å². The van der Waals surface area contributed by atoms with Crippen molar-refractivity contribution < 1.29 is 28.6 Å². The second kappa shape index (κ2) is 55.1. The Balaban J connectivity index is 4.60. The van der Waals surface area contributed by atoms with Crippen molar-refractivity contribution in [3.8, 4) is 0 Å². The SMILES string of the molecule is CC/C=C\C/C=C\C/C=C\C/C=C\C/C=C\CCCC(=O)OCC(COC(=O)CC/C=C\C/C=C\C/C=C\C/C=C\C/C=C\CC)OC(=O)CCCCCCCCC/C=C\CCCCCCCC. The molecule has 0 bridgehead atoms. The van der Waals surface area contributed by atoms with Gasteiger partial charge in [-0.05, 0) is 116 Å². The lowest BCUT2D eigenvalue weighted by Gasteiger charge is -2.18. The average molecular weight is 939 g/mol. The standard InChI is InChI=1S/C62H98O6/c1-4-7-10-13-16-19-22-25-28-31-34-37-40-43-46-49-52-55-61(64)67-58-59(57-66-60(63)54-51-48-45-42-39-36-33-30-27-24-21-18-15-12-9-6-3)68-62(65)56-53-50-47-44-41-38-35-32-29-26-23-20-17-14-11-8-5-2/h7,9-10,12,16,18-19,21,25-30,34,36-37,39,43,45-46,48,59H,4-6,8,11,13-15,17,20,22-24,31-33,35,38,40-42,44,47,49-58H2,1-3H3/b10-7-,12-9-,19-16-,21-18-,28-25-,29-26-,30-27-,37-34-,39-36-,46-43-,48-45-. The lowest BCUT2D eigenvalue weighted by Crippen LogP contribution is -2.30. The van der Waals surface area contributed by atoms with E-state index in [1.165, 1.54) is 77.0 Å². The number of hydrogen-bond donors (Lipinski definition) is 0. The van der Waals surface area contributed by atoms with Crippen LogP contribution >= 0.6 is 0 Å². The number of carbonyl (C=O) groups excluding carboxylic acids is 3. The first-order chi connectivity index (χ1) is 33.5. The van der Waals surface area contributed by atoms with Crippen LogP contribution in [0.25, 0.3) is 0 Å². The van der Waals surface area contributed by atoms with Crippen molar-refractivity contribution in [2.75, 3.05) is 13.2 Å². The molecule has 0 aromatic heterocycles. The molecule has 382 valence electrons. The van der Waals surface area contributed by atoms with Crippen molar-refractivity contribution in [3.05, 3.63) is 134 Å². The van der Waals surface area contributed by atoms with E-state index >= 15 is 0 Å². The zero-order valence-electron chi connectivity index (χ0n) is 43.6. The van der Waals surface area contributed by atoms with Crippen molar-refractivity contribution in [1.82, 2.24) is 0 Å². The molecule has 0 saturated heterocycles. The molecule has 0 aromatic carbocycles. The molecular formula is C62H98O6. The molecule has 0 aliphatic carbocycles. The third-order valence-electron chi connectivity index (χ3n) is 10.9. The van der Waals surface area contributed by atoms with Crippen LogP contribution in [0.4, 0.5) is 0 Å². The molecule has 0 amide bonds. The third-order valence-corrected chi connectivity index (χ3v) is 10.9. The maximum atomic E-state index is 12.8. The largest absolute Gasteiger partial charge is 0.462 e. The van der Waals surface area contributed by atoms with Crippen LogP contribution in [0.1, 0.15) is 220 Å². The van der Waals surface area contributed by atoms with Gasteiger partial charge in [0.2, 0.25) is 0 Å². The summed E-state index contributed by atoms with van der Waals surface area (Å²) in [6.45, 7) is 6.27. The van der Waals surface area contributed by atoms with Crippen LogP contribution in [0.15, 0.2) is 134 Å². The molecule has 1 unspecified atom stereocenters. The molecule has 0 aliphatic rings. The molecule has 0 radical (unpaired) electrons. The van der Waals surface area contributed by atoms with Crippen LogP contribution < -0.4 is 0 Å². The quantitative estimate of drug-likeness (QED) is 0.0262. The highest BCUT2D eigenvalue weighted by Crippen LogP contribution is 2.13. The summed E-state index contributed by atoms with van der Waals surface area (Å²) in [5, 5.41) is 0. The third kappa shape index (κ3) is 52.5.